The van der Waals surface area contributed by atoms with Gasteiger partial charge in [-0.2, -0.15) is 5.26 Å². The Bertz CT molecular complexity index is 248. The van der Waals surface area contributed by atoms with Crippen LogP contribution in [0.15, 0.2) is 0 Å². The van der Waals surface area contributed by atoms with E-state index < -0.39 is 0 Å². The molecule has 0 radical (unpaired) electrons. The van der Waals surface area contributed by atoms with Gasteiger partial charge in [0.1, 0.15) is 0 Å². The molecule has 0 amide bonds. The van der Waals surface area contributed by atoms with Crippen molar-refractivity contribution < 1.29 is 0 Å². The largest absolute Gasteiger partial charge is 0.302 e. The molecule has 0 aromatic rings. The van der Waals surface area contributed by atoms with Gasteiger partial charge in [0.15, 0.2) is 0 Å². The van der Waals surface area contributed by atoms with Gasteiger partial charge in [0.2, 0.25) is 0 Å². The molecule has 92 valence electrons. The highest BCUT2D eigenvalue weighted by atomic mass is 15.1. The predicted octanol–water partition coefficient (Wildman–Crippen LogP) is 3.44. The van der Waals surface area contributed by atoms with E-state index in [2.05, 4.69) is 24.8 Å². The summed E-state index contributed by atoms with van der Waals surface area (Å²) in [5.41, 5.74) is 0.585. The normalized spacial score (nSPS) is 26.2. The Labute approximate surface area is 101 Å². The summed E-state index contributed by atoms with van der Waals surface area (Å²) in [5.74, 6) is 0. The molecule has 2 fully saturated rings. The van der Waals surface area contributed by atoms with Crippen LogP contribution in [-0.4, -0.2) is 24.5 Å². The summed E-state index contributed by atoms with van der Waals surface area (Å²) in [6.45, 7) is 12.1. The Morgan fingerprint density at radius 3 is 1.94 bits per heavy atom. The Kier molecular flexibility index (Phi) is 4.38. The van der Waals surface area contributed by atoms with Crippen LogP contribution in [0.5, 0.6) is 0 Å². The molecule has 0 bridgehead atoms. The first kappa shape index (κ1) is 13.5. The number of likely N-dealkylation sites (tertiary alicyclic amines) is 1. The van der Waals surface area contributed by atoms with Crippen LogP contribution >= 0.6 is 0 Å². The summed E-state index contributed by atoms with van der Waals surface area (Å²) in [5, 5.41) is 9.01. The van der Waals surface area contributed by atoms with Crippen molar-refractivity contribution in [2.24, 2.45) is 10.8 Å². The third kappa shape index (κ3) is 3.49. The van der Waals surface area contributed by atoms with Gasteiger partial charge in [-0.1, -0.05) is 27.7 Å². The second-order valence-electron chi connectivity index (χ2n) is 5.83. The molecule has 1 saturated carbocycles. The summed E-state index contributed by atoms with van der Waals surface area (Å²) in [6.07, 6.45) is 4.83. The summed E-state index contributed by atoms with van der Waals surface area (Å²) < 4.78 is 0. The van der Waals surface area contributed by atoms with Crippen molar-refractivity contribution in [1.82, 2.24) is 4.90 Å². The molecular weight excluding hydrogens is 196 g/mol. The van der Waals surface area contributed by atoms with Crippen LogP contribution in [0.4, 0.5) is 0 Å². The molecule has 0 atom stereocenters. The summed E-state index contributed by atoms with van der Waals surface area (Å²) in [4.78, 5) is 2.49. The van der Waals surface area contributed by atoms with Crippen molar-refractivity contribution in [2.45, 2.75) is 53.4 Å². The zero-order valence-electron chi connectivity index (χ0n) is 11.3. The number of nitriles is 1. The van der Waals surface area contributed by atoms with Crippen LogP contribution < -0.4 is 0 Å². The van der Waals surface area contributed by atoms with E-state index in [1.165, 1.54) is 25.9 Å². The van der Waals surface area contributed by atoms with Gasteiger partial charge in [0.25, 0.3) is 0 Å². The molecule has 0 aromatic heterocycles. The maximum atomic E-state index is 9.01. The minimum Gasteiger partial charge on any atom is -0.302 e. The van der Waals surface area contributed by atoms with Gasteiger partial charge in [0.05, 0.1) is 11.5 Å². The topological polar surface area (TPSA) is 27.0 Å². The number of hydrogen-bond acceptors (Lipinski definition) is 2. The Balaban J connectivity index is 0.000000606. The lowest BCUT2D eigenvalue weighted by atomic mass is 9.82. The third-order valence-corrected chi connectivity index (χ3v) is 3.83. The zero-order chi connectivity index (χ0) is 12.2. The molecule has 16 heavy (non-hydrogen) atoms. The fraction of sp³-hybridized carbons (Fsp3) is 0.929. The maximum absolute atomic E-state index is 9.01. The molecular formula is C14H26N2. The average molecular weight is 222 g/mol. The van der Waals surface area contributed by atoms with E-state index in [4.69, 9.17) is 5.26 Å². The first-order valence-electron chi connectivity index (χ1n) is 6.69. The van der Waals surface area contributed by atoms with E-state index in [9.17, 15) is 0 Å². The second-order valence-corrected chi connectivity index (χ2v) is 5.83. The molecule has 2 heteroatoms. The Morgan fingerprint density at radius 2 is 1.56 bits per heavy atom. The smallest absolute Gasteiger partial charge is 0.0703 e. The first-order chi connectivity index (χ1) is 7.55. The fourth-order valence-electron chi connectivity index (χ4n) is 2.20. The van der Waals surface area contributed by atoms with Crippen LogP contribution in [-0.2, 0) is 0 Å². The van der Waals surface area contributed by atoms with Crippen molar-refractivity contribution in [1.29, 1.82) is 5.26 Å². The Morgan fingerprint density at radius 1 is 1.06 bits per heavy atom. The van der Waals surface area contributed by atoms with Gasteiger partial charge >= 0.3 is 0 Å². The van der Waals surface area contributed by atoms with Gasteiger partial charge < -0.3 is 4.90 Å². The summed E-state index contributed by atoms with van der Waals surface area (Å²) in [7, 11) is 0. The second kappa shape index (κ2) is 5.19. The lowest BCUT2D eigenvalue weighted by Crippen LogP contribution is -2.40. The van der Waals surface area contributed by atoms with Crippen LogP contribution in [0.1, 0.15) is 53.4 Å². The average Bonchev–Trinajstić information content (AvgIpc) is 3.05. The molecule has 0 spiro atoms. The van der Waals surface area contributed by atoms with Gasteiger partial charge in [-0.25, -0.2) is 0 Å². The van der Waals surface area contributed by atoms with Crippen molar-refractivity contribution in [3.63, 3.8) is 0 Å². The van der Waals surface area contributed by atoms with E-state index in [1.54, 1.807) is 0 Å². The van der Waals surface area contributed by atoms with Crippen LogP contribution in [0.25, 0.3) is 0 Å². The van der Waals surface area contributed by atoms with Crippen molar-refractivity contribution in [3.8, 4) is 6.07 Å². The van der Waals surface area contributed by atoms with E-state index in [0.29, 0.717) is 5.41 Å². The standard InChI is InChI=1S/C12H20N2.C2H6/c1-11(2)5-7-14(8-6-11)10-12(9-13)3-4-12;1-2/h3-8,10H2,1-2H3;1-2H3. The molecule has 1 saturated heterocycles. The van der Waals surface area contributed by atoms with Gasteiger partial charge in [0, 0.05) is 6.54 Å². The molecule has 2 aliphatic rings. The monoisotopic (exact) mass is 222 g/mol. The summed E-state index contributed by atoms with van der Waals surface area (Å²) >= 11 is 0. The third-order valence-electron chi connectivity index (χ3n) is 3.83. The first-order valence-corrected chi connectivity index (χ1v) is 6.69. The SMILES string of the molecule is CC.CC1(C)CCN(CC2(C#N)CC2)CC1. The molecule has 0 unspecified atom stereocenters. The van der Waals surface area contributed by atoms with Crippen LogP contribution in [0.2, 0.25) is 0 Å². The highest BCUT2D eigenvalue weighted by Gasteiger charge is 2.45. The predicted molar refractivity (Wildman–Crippen MR) is 68.1 cm³/mol. The van der Waals surface area contributed by atoms with Crippen LogP contribution in [0.3, 0.4) is 0 Å². The van der Waals surface area contributed by atoms with E-state index in [-0.39, 0.29) is 5.41 Å². The zero-order valence-corrected chi connectivity index (χ0v) is 11.3. The van der Waals surface area contributed by atoms with E-state index in [1.807, 2.05) is 13.8 Å². The minimum absolute atomic E-state index is 0.0570. The molecule has 2 nitrogen and oxygen atoms in total. The van der Waals surface area contributed by atoms with Crippen LogP contribution in [0, 0.1) is 22.2 Å². The van der Waals surface area contributed by atoms with Crippen molar-refractivity contribution in [3.05, 3.63) is 0 Å². The summed E-state index contributed by atoms with van der Waals surface area (Å²) in [6, 6.07) is 2.48. The highest BCUT2D eigenvalue weighted by Crippen LogP contribution is 2.46. The molecule has 1 heterocycles. The lowest BCUT2D eigenvalue weighted by molar-refractivity contribution is 0.121. The number of nitrogens with zero attached hydrogens (tertiary/aromatic N) is 2. The number of hydrogen-bond donors (Lipinski definition) is 0. The number of rotatable bonds is 2. The Hall–Kier alpha value is -0.550. The molecule has 1 aliphatic carbocycles. The quantitative estimate of drug-likeness (QED) is 0.715. The van der Waals surface area contributed by atoms with Crippen molar-refractivity contribution >= 4 is 0 Å². The number of piperidine rings is 1. The molecule has 0 aromatic carbocycles. The fourth-order valence-corrected chi connectivity index (χ4v) is 2.20. The minimum atomic E-state index is 0.0570. The highest BCUT2D eigenvalue weighted by molar-refractivity contribution is 5.11. The van der Waals surface area contributed by atoms with E-state index >= 15 is 0 Å². The van der Waals surface area contributed by atoms with Crippen molar-refractivity contribution in [2.75, 3.05) is 19.6 Å². The van der Waals surface area contributed by atoms with Gasteiger partial charge in [-0.15, -0.1) is 0 Å². The molecule has 0 N–H and O–H groups in total. The lowest BCUT2D eigenvalue weighted by Gasteiger charge is -2.37. The van der Waals surface area contributed by atoms with E-state index in [0.717, 1.165) is 19.4 Å². The van der Waals surface area contributed by atoms with Gasteiger partial charge in [-0.3, -0.25) is 0 Å². The van der Waals surface area contributed by atoms with Gasteiger partial charge in [-0.05, 0) is 44.2 Å². The molecule has 2 rings (SSSR count). The maximum Gasteiger partial charge on any atom is 0.0703 e. The molecule has 1 aliphatic heterocycles.